The molecule has 31 heavy (non-hydrogen) atoms. The Morgan fingerprint density at radius 2 is 1.68 bits per heavy atom. The summed E-state index contributed by atoms with van der Waals surface area (Å²) in [6, 6.07) is 4.68. The van der Waals surface area contributed by atoms with E-state index in [4.69, 9.17) is 0 Å². The average molecular weight is 452 g/mol. The molecule has 0 bridgehead atoms. The molecule has 0 radical (unpaired) electrons. The van der Waals surface area contributed by atoms with Gasteiger partial charge in [0, 0.05) is 25.6 Å². The van der Waals surface area contributed by atoms with E-state index in [1.807, 2.05) is 6.92 Å². The monoisotopic (exact) mass is 451 g/mol. The third-order valence-electron chi connectivity index (χ3n) is 6.01. The lowest BCUT2D eigenvalue weighted by molar-refractivity contribution is -0.151. The number of carbonyl (C=O) groups is 3. The fourth-order valence-electron chi connectivity index (χ4n) is 4.21. The molecule has 2 N–H and O–H groups in total. The third kappa shape index (κ3) is 5.24. The Morgan fingerprint density at radius 1 is 1.06 bits per heavy atom. The molecule has 3 rings (SSSR count). The second-order valence-corrected chi connectivity index (χ2v) is 10.00. The number of benzene rings is 1. The van der Waals surface area contributed by atoms with Crippen LogP contribution in [0.3, 0.4) is 0 Å². The minimum absolute atomic E-state index is 0.0978. The summed E-state index contributed by atoms with van der Waals surface area (Å²) in [5.74, 6) is -1.80. The van der Waals surface area contributed by atoms with Crippen LogP contribution in [0.25, 0.3) is 0 Å². The van der Waals surface area contributed by atoms with Gasteiger partial charge in [-0.25, -0.2) is 13.2 Å². The number of nitrogens with zero attached hydrogens (tertiary/aromatic N) is 2. The van der Waals surface area contributed by atoms with Crippen molar-refractivity contribution in [2.45, 2.75) is 56.5 Å². The summed E-state index contributed by atoms with van der Waals surface area (Å²) < 4.78 is 27.5. The summed E-state index contributed by atoms with van der Waals surface area (Å²) in [6.45, 7) is 4.48. The van der Waals surface area contributed by atoms with Crippen LogP contribution in [0.4, 0.5) is 0 Å². The molecule has 9 nitrogen and oxygen atoms in total. The van der Waals surface area contributed by atoms with Crippen molar-refractivity contribution in [1.29, 1.82) is 0 Å². The number of sulfonamides is 1. The summed E-state index contributed by atoms with van der Waals surface area (Å²) in [7, 11) is -3.82. The van der Waals surface area contributed by atoms with Crippen LogP contribution in [0.1, 0.15) is 38.2 Å². The van der Waals surface area contributed by atoms with E-state index in [0.717, 1.165) is 5.56 Å². The Bertz CT molecular complexity index is 938. The Balaban J connectivity index is 1.55. The second-order valence-electron chi connectivity index (χ2n) is 8.28. The first-order valence-electron chi connectivity index (χ1n) is 10.5. The lowest BCUT2D eigenvalue weighted by Crippen LogP contribution is -2.51. The minimum Gasteiger partial charge on any atom is -0.480 e. The summed E-state index contributed by atoms with van der Waals surface area (Å²) >= 11 is 0. The summed E-state index contributed by atoms with van der Waals surface area (Å²) in [4.78, 5) is 40.0. The van der Waals surface area contributed by atoms with E-state index >= 15 is 0 Å². The van der Waals surface area contributed by atoms with Gasteiger partial charge in [-0.2, -0.15) is 4.72 Å². The van der Waals surface area contributed by atoms with Crippen LogP contribution in [0, 0.1) is 12.8 Å². The van der Waals surface area contributed by atoms with E-state index in [1.165, 1.54) is 24.0 Å². The zero-order chi connectivity index (χ0) is 22.8. The van der Waals surface area contributed by atoms with E-state index in [0.29, 0.717) is 45.3 Å². The molecule has 170 valence electrons. The lowest BCUT2D eigenvalue weighted by Gasteiger charge is -2.35. The minimum atomic E-state index is -3.82. The number of aryl methyl sites for hydroxylation is 1. The summed E-state index contributed by atoms with van der Waals surface area (Å²) in [5.41, 5.74) is 0.934. The van der Waals surface area contributed by atoms with Gasteiger partial charge in [-0.15, -0.1) is 0 Å². The van der Waals surface area contributed by atoms with Crippen molar-refractivity contribution in [3.05, 3.63) is 29.8 Å². The van der Waals surface area contributed by atoms with Gasteiger partial charge in [-0.1, -0.05) is 17.7 Å². The van der Waals surface area contributed by atoms with Gasteiger partial charge in [-0.3, -0.25) is 9.59 Å². The quantitative estimate of drug-likeness (QED) is 0.664. The molecule has 2 heterocycles. The van der Waals surface area contributed by atoms with Crippen molar-refractivity contribution in [1.82, 2.24) is 14.5 Å². The van der Waals surface area contributed by atoms with Gasteiger partial charge in [0.2, 0.25) is 21.8 Å². The van der Waals surface area contributed by atoms with Crippen LogP contribution < -0.4 is 4.72 Å². The summed E-state index contributed by atoms with van der Waals surface area (Å²) in [5, 5.41) is 9.29. The Hall–Kier alpha value is -2.46. The maximum atomic E-state index is 12.8. The first kappa shape index (κ1) is 23.2. The van der Waals surface area contributed by atoms with E-state index in [1.54, 1.807) is 17.0 Å². The molecule has 0 aromatic heterocycles. The van der Waals surface area contributed by atoms with Crippen LogP contribution in [0.15, 0.2) is 29.2 Å². The van der Waals surface area contributed by atoms with Crippen LogP contribution in [-0.4, -0.2) is 72.8 Å². The Labute approximate surface area is 182 Å². The molecule has 1 aromatic rings. The number of hydrogen-bond donors (Lipinski definition) is 2. The average Bonchev–Trinajstić information content (AvgIpc) is 3.23. The van der Waals surface area contributed by atoms with Gasteiger partial charge >= 0.3 is 5.97 Å². The molecule has 2 aliphatic rings. The highest BCUT2D eigenvalue weighted by molar-refractivity contribution is 7.89. The predicted octanol–water partition coefficient (Wildman–Crippen LogP) is 0.976. The topological polar surface area (TPSA) is 124 Å². The molecule has 2 atom stereocenters. The molecule has 2 saturated heterocycles. The van der Waals surface area contributed by atoms with Crippen molar-refractivity contribution in [3.8, 4) is 0 Å². The molecular formula is C21H29N3O6S. The molecule has 0 spiro atoms. The van der Waals surface area contributed by atoms with Crippen molar-refractivity contribution in [3.63, 3.8) is 0 Å². The smallest absolute Gasteiger partial charge is 0.326 e. The molecule has 0 saturated carbocycles. The molecular weight excluding hydrogens is 422 g/mol. The molecule has 2 aliphatic heterocycles. The first-order valence-corrected chi connectivity index (χ1v) is 12.0. The highest BCUT2D eigenvalue weighted by atomic mass is 32.2. The number of hydrogen-bond acceptors (Lipinski definition) is 5. The number of amides is 2. The summed E-state index contributed by atoms with van der Waals surface area (Å²) in [6.07, 6.45) is 2.02. The van der Waals surface area contributed by atoms with Gasteiger partial charge in [-0.05, 0) is 51.7 Å². The Morgan fingerprint density at radius 3 is 2.26 bits per heavy atom. The number of aliphatic carboxylic acids is 1. The number of rotatable bonds is 6. The number of carboxylic acid groups (broad SMARTS) is 1. The van der Waals surface area contributed by atoms with E-state index in [-0.39, 0.29) is 22.6 Å². The standard InChI is InChI=1S/C21H29N3O6S/c1-14-5-7-17(8-6-14)31(29,30)22-15(2)19(25)23-12-9-16(10-13-23)20(26)24-11-3-4-18(24)21(27)28/h5-8,15-16,18,22H,3-4,9-13H2,1-2H3,(H,27,28)/t15-,18+/m0/s1. The molecule has 1 aromatic carbocycles. The molecule has 0 unspecified atom stereocenters. The molecule has 2 amide bonds. The van der Waals surface area contributed by atoms with Crippen molar-refractivity contribution in [2.24, 2.45) is 5.92 Å². The third-order valence-corrected chi connectivity index (χ3v) is 7.57. The molecule has 0 aliphatic carbocycles. The fourth-order valence-corrected chi connectivity index (χ4v) is 5.41. The number of likely N-dealkylation sites (tertiary alicyclic amines) is 2. The number of carbonyl (C=O) groups excluding carboxylic acids is 2. The van der Waals surface area contributed by atoms with Gasteiger partial charge < -0.3 is 14.9 Å². The zero-order valence-corrected chi connectivity index (χ0v) is 18.6. The normalized spacial score (nSPS) is 21.2. The maximum absolute atomic E-state index is 12.8. The van der Waals surface area contributed by atoms with Gasteiger partial charge in [0.1, 0.15) is 6.04 Å². The van der Waals surface area contributed by atoms with Crippen molar-refractivity contribution >= 4 is 27.8 Å². The number of carboxylic acids is 1. The first-order chi connectivity index (χ1) is 14.6. The SMILES string of the molecule is Cc1ccc(S(=O)(=O)N[C@@H](C)C(=O)N2CCC(C(=O)N3CCC[C@@H]3C(=O)O)CC2)cc1. The zero-order valence-electron chi connectivity index (χ0n) is 17.8. The fraction of sp³-hybridized carbons (Fsp3) is 0.571. The van der Waals surface area contributed by atoms with Crippen molar-refractivity contribution in [2.75, 3.05) is 19.6 Å². The van der Waals surface area contributed by atoms with E-state index in [2.05, 4.69) is 4.72 Å². The van der Waals surface area contributed by atoms with Crippen LogP contribution in [-0.2, 0) is 24.4 Å². The Kier molecular flexibility index (Phi) is 7.00. The van der Waals surface area contributed by atoms with Crippen LogP contribution in [0.2, 0.25) is 0 Å². The van der Waals surface area contributed by atoms with Gasteiger partial charge in [0.25, 0.3) is 0 Å². The van der Waals surface area contributed by atoms with Gasteiger partial charge in [0.05, 0.1) is 10.9 Å². The predicted molar refractivity (Wildman–Crippen MR) is 113 cm³/mol. The maximum Gasteiger partial charge on any atom is 0.326 e. The largest absolute Gasteiger partial charge is 0.480 e. The van der Waals surface area contributed by atoms with Gasteiger partial charge in [0.15, 0.2) is 0 Å². The lowest BCUT2D eigenvalue weighted by atomic mass is 9.94. The van der Waals surface area contributed by atoms with Crippen LogP contribution >= 0.6 is 0 Å². The van der Waals surface area contributed by atoms with E-state index in [9.17, 15) is 27.9 Å². The number of nitrogens with one attached hydrogen (secondary N) is 1. The highest BCUT2D eigenvalue weighted by Gasteiger charge is 2.39. The second kappa shape index (κ2) is 9.35. The van der Waals surface area contributed by atoms with Crippen molar-refractivity contribution < 1.29 is 27.9 Å². The van der Waals surface area contributed by atoms with Crippen LogP contribution in [0.5, 0.6) is 0 Å². The highest BCUT2D eigenvalue weighted by Crippen LogP contribution is 2.26. The number of piperidine rings is 1. The van der Waals surface area contributed by atoms with E-state index < -0.39 is 28.1 Å². The molecule has 2 fully saturated rings. The molecule has 10 heteroatoms.